The summed E-state index contributed by atoms with van der Waals surface area (Å²) >= 11 is 3.03. The van der Waals surface area contributed by atoms with Gasteiger partial charge in [0.1, 0.15) is 11.8 Å². The second-order valence-corrected chi connectivity index (χ2v) is 10.4. The minimum Gasteiger partial charge on any atom is -0.322 e. The molecule has 1 aliphatic heterocycles. The van der Waals surface area contributed by atoms with Crippen molar-refractivity contribution in [3.8, 4) is 5.69 Å². The molecule has 6 nitrogen and oxygen atoms in total. The third-order valence-corrected chi connectivity index (χ3v) is 8.25. The van der Waals surface area contributed by atoms with E-state index in [0.717, 1.165) is 33.4 Å². The first-order valence-corrected chi connectivity index (χ1v) is 12.2. The summed E-state index contributed by atoms with van der Waals surface area (Å²) in [5.41, 5.74) is 2.58. The van der Waals surface area contributed by atoms with E-state index in [2.05, 4.69) is 10.3 Å². The van der Waals surface area contributed by atoms with Gasteiger partial charge >= 0.3 is 11.9 Å². The first-order valence-electron chi connectivity index (χ1n) is 10.4. The SMILES string of the molecule is Cc1nc(SCC(=O)[N+]2(C(=O)Nc3ccccc3-n3cccc3)CCC[C@H]2C)sc1C. The van der Waals surface area contributed by atoms with Gasteiger partial charge in [-0.25, -0.2) is 14.6 Å². The van der Waals surface area contributed by atoms with Gasteiger partial charge in [0.05, 0.1) is 23.6 Å². The number of thiazole rings is 1. The number of quaternary nitrogens is 1. The molecular weight excluding hydrogens is 428 g/mol. The van der Waals surface area contributed by atoms with E-state index in [1.54, 1.807) is 11.3 Å². The van der Waals surface area contributed by atoms with E-state index in [1.807, 2.05) is 74.1 Å². The molecule has 4 rings (SSSR count). The van der Waals surface area contributed by atoms with Gasteiger partial charge in [-0.1, -0.05) is 23.9 Å². The maximum absolute atomic E-state index is 13.6. The molecule has 3 aromatic rings. The highest BCUT2D eigenvalue weighted by Crippen LogP contribution is 2.33. The Morgan fingerprint density at radius 2 is 1.97 bits per heavy atom. The molecule has 0 saturated carbocycles. The molecule has 3 amide bonds. The van der Waals surface area contributed by atoms with Crippen LogP contribution in [-0.4, -0.2) is 44.3 Å². The van der Waals surface area contributed by atoms with Gasteiger partial charge in [0.15, 0.2) is 4.34 Å². The fraction of sp³-hybridized carbons (Fsp3) is 0.348. The molecule has 1 aromatic carbocycles. The number of urea groups is 1. The van der Waals surface area contributed by atoms with Crippen LogP contribution in [0.15, 0.2) is 53.1 Å². The zero-order valence-corrected chi connectivity index (χ0v) is 19.6. The molecular formula is C23H27N4O2S2+. The lowest BCUT2D eigenvalue weighted by Gasteiger charge is -2.33. The van der Waals surface area contributed by atoms with Gasteiger partial charge in [-0.2, -0.15) is 4.48 Å². The van der Waals surface area contributed by atoms with Crippen LogP contribution in [-0.2, 0) is 4.79 Å². The lowest BCUT2D eigenvalue weighted by Crippen LogP contribution is -2.61. The van der Waals surface area contributed by atoms with E-state index < -0.39 is 0 Å². The molecule has 1 unspecified atom stereocenters. The van der Waals surface area contributed by atoms with Crippen LogP contribution < -0.4 is 5.32 Å². The number of aryl methyl sites for hydroxylation is 2. The van der Waals surface area contributed by atoms with Gasteiger partial charge in [-0.3, -0.25) is 5.32 Å². The summed E-state index contributed by atoms with van der Waals surface area (Å²) in [6.45, 7) is 6.55. The average Bonchev–Trinajstić information content (AvgIpc) is 3.48. The Bertz CT molecular complexity index is 1070. The number of hydrogen-bond acceptors (Lipinski definition) is 5. The molecule has 8 heteroatoms. The van der Waals surface area contributed by atoms with Gasteiger partial charge in [-0.15, -0.1) is 11.3 Å². The van der Waals surface area contributed by atoms with E-state index >= 15 is 0 Å². The highest BCUT2D eigenvalue weighted by Gasteiger charge is 2.52. The van der Waals surface area contributed by atoms with Gasteiger partial charge in [0.25, 0.3) is 0 Å². The summed E-state index contributed by atoms with van der Waals surface area (Å²) in [6.07, 6.45) is 5.60. The summed E-state index contributed by atoms with van der Waals surface area (Å²) in [7, 11) is 0. The molecule has 31 heavy (non-hydrogen) atoms. The highest BCUT2D eigenvalue weighted by molar-refractivity contribution is 8.01. The zero-order chi connectivity index (χ0) is 22.0. The van der Waals surface area contributed by atoms with Crippen LogP contribution in [0.4, 0.5) is 10.5 Å². The highest BCUT2D eigenvalue weighted by atomic mass is 32.2. The third-order valence-electron chi connectivity index (χ3n) is 6.05. The quantitative estimate of drug-likeness (QED) is 0.413. The third kappa shape index (κ3) is 4.20. The van der Waals surface area contributed by atoms with Gasteiger partial charge in [0, 0.05) is 30.1 Å². The summed E-state index contributed by atoms with van der Waals surface area (Å²) in [5, 5.41) is 3.07. The number of rotatable bonds is 5. The number of para-hydroxylation sites is 2. The number of nitrogens with one attached hydrogen (secondary N) is 1. The van der Waals surface area contributed by atoms with Crippen molar-refractivity contribution in [2.45, 2.75) is 44.0 Å². The van der Waals surface area contributed by atoms with Crippen LogP contribution in [0.25, 0.3) is 5.69 Å². The standard InChI is InChI=1S/C23H26N4O2S2/c1-16-9-8-14-27(16,21(28)15-30-23-24-17(2)18(3)31-23)22(29)25-19-10-4-5-11-20(19)26-12-6-7-13-26/h4-7,10-13,16H,8-9,14-15H2,1-3H3/p+1/t16-,27?/m1/s1. The van der Waals surface area contributed by atoms with Crippen molar-refractivity contribution >= 4 is 40.7 Å². The monoisotopic (exact) mass is 455 g/mol. The summed E-state index contributed by atoms with van der Waals surface area (Å²) in [6, 6.07) is 11.3. The minimum atomic E-state index is -0.248. The predicted molar refractivity (Wildman–Crippen MR) is 126 cm³/mol. The van der Waals surface area contributed by atoms with Crippen LogP contribution in [0.5, 0.6) is 0 Å². The second-order valence-electron chi connectivity index (χ2n) is 7.93. The first kappa shape index (κ1) is 21.8. The average molecular weight is 456 g/mol. The maximum atomic E-state index is 13.6. The van der Waals surface area contributed by atoms with Crippen LogP contribution in [0, 0.1) is 13.8 Å². The molecule has 1 aliphatic rings. The normalized spacial score (nSPS) is 20.7. The molecule has 3 heterocycles. The fourth-order valence-corrected chi connectivity index (χ4v) is 6.22. The van der Waals surface area contributed by atoms with Crippen molar-refractivity contribution in [3.63, 3.8) is 0 Å². The topological polar surface area (TPSA) is 64.0 Å². The lowest BCUT2D eigenvalue weighted by molar-refractivity contribution is -0.781. The van der Waals surface area contributed by atoms with E-state index in [9.17, 15) is 9.59 Å². The fourth-order valence-electron chi connectivity index (χ4n) is 4.12. The Balaban J connectivity index is 1.57. The van der Waals surface area contributed by atoms with Crippen molar-refractivity contribution in [2.75, 3.05) is 17.6 Å². The molecule has 0 spiro atoms. The van der Waals surface area contributed by atoms with Crippen molar-refractivity contribution in [1.82, 2.24) is 9.55 Å². The number of aromatic nitrogens is 2. The Morgan fingerprint density at radius 3 is 2.61 bits per heavy atom. The number of hydrogen-bond donors (Lipinski definition) is 1. The van der Waals surface area contributed by atoms with Gasteiger partial charge in [-0.05, 0) is 45.0 Å². The predicted octanol–water partition coefficient (Wildman–Crippen LogP) is 5.40. The van der Waals surface area contributed by atoms with Crippen molar-refractivity contribution in [1.29, 1.82) is 0 Å². The number of carbonyl (C=O) groups is 2. The van der Waals surface area contributed by atoms with Crippen LogP contribution in [0.2, 0.25) is 0 Å². The van der Waals surface area contributed by atoms with E-state index in [0.29, 0.717) is 12.2 Å². The number of amides is 3. The molecule has 0 bridgehead atoms. The van der Waals surface area contributed by atoms with E-state index in [4.69, 9.17) is 0 Å². The summed E-state index contributed by atoms with van der Waals surface area (Å²) < 4.78 is 2.68. The van der Waals surface area contributed by atoms with Gasteiger partial charge in [0.2, 0.25) is 0 Å². The summed E-state index contributed by atoms with van der Waals surface area (Å²) in [5.74, 6) is 0.181. The second kappa shape index (κ2) is 8.98. The number of benzene rings is 1. The molecule has 2 atom stereocenters. The number of thioether (sulfide) groups is 1. The Hall–Kier alpha value is -2.42. The maximum Gasteiger partial charge on any atom is 0.428 e. The van der Waals surface area contributed by atoms with Crippen molar-refractivity contribution in [2.24, 2.45) is 0 Å². The summed E-state index contributed by atoms with van der Waals surface area (Å²) in [4.78, 5) is 32.7. The molecule has 1 saturated heterocycles. The van der Waals surface area contributed by atoms with Crippen LogP contribution in [0.1, 0.15) is 30.3 Å². The molecule has 162 valence electrons. The Kier molecular flexibility index (Phi) is 6.31. The number of likely N-dealkylation sites (tertiary alicyclic amines) is 1. The molecule has 1 fully saturated rings. The Labute approximate surface area is 190 Å². The number of anilines is 1. The van der Waals surface area contributed by atoms with E-state index in [1.165, 1.54) is 11.8 Å². The zero-order valence-electron chi connectivity index (χ0n) is 18.0. The number of imide groups is 1. The van der Waals surface area contributed by atoms with Crippen molar-refractivity contribution in [3.05, 3.63) is 59.4 Å². The molecule has 2 aromatic heterocycles. The largest absolute Gasteiger partial charge is 0.428 e. The minimum absolute atomic E-state index is 0.0494. The smallest absolute Gasteiger partial charge is 0.322 e. The Morgan fingerprint density at radius 1 is 1.23 bits per heavy atom. The van der Waals surface area contributed by atoms with Crippen molar-refractivity contribution < 1.29 is 14.1 Å². The molecule has 1 N–H and O–H groups in total. The van der Waals surface area contributed by atoms with Crippen LogP contribution in [0.3, 0.4) is 0 Å². The number of nitrogens with zero attached hydrogens (tertiary/aromatic N) is 3. The van der Waals surface area contributed by atoms with Gasteiger partial charge < -0.3 is 4.57 Å². The lowest BCUT2D eigenvalue weighted by atomic mass is 10.2. The first-order chi connectivity index (χ1) is 14.9. The molecule has 0 aliphatic carbocycles. The number of carbonyl (C=O) groups excluding carboxylic acids is 2. The molecule has 0 radical (unpaired) electrons. The van der Waals surface area contributed by atoms with Crippen LogP contribution >= 0.6 is 23.1 Å². The van der Waals surface area contributed by atoms with E-state index in [-0.39, 0.29) is 28.2 Å².